The number of amides is 2. The Morgan fingerprint density at radius 2 is 1.82 bits per heavy atom. The van der Waals surface area contributed by atoms with Gasteiger partial charge in [-0.1, -0.05) is 42.5 Å². The molecule has 0 radical (unpaired) electrons. The van der Waals surface area contributed by atoms with E-state index in [1.165, 1.54) is 23.8 Å². The summed E-state index contributed by atoms with van der Waals surface area (Å²) in [4.78, 5) is 25.2. The molecular weight excluding hydrogens is 419 g/mol. The van der Waals surface area contributed by atoms with Crippen molar-refractivity contribution in [3.63, 3.8) is 0 Å². The second-order valence-electron chi connectivity index (χ2n) is 8.40. The molecule has 0 saturated carbocycles. The van der Waals surface area contributed by atoms with Gasteiger partial charge in [0.15, 0.2) is 0 Å². The molecule has 5 nitrogen and oxygen atoms in total. The number of aryl methyl sites for hydroxylation is 1. The van der Waals surface area contributed by atoms with Crippen LogP contribution in [0.5, 0.6) is 5.75 Å². The van der Waals surface area contributed by atoms with Crippen molar-refractivity contribution >= 4 is 17.5 Å². The summed E-state index contributed by atoms with van der Waals surface area (Å²) in [6.45, 7) is 2.32. The lowest BCUT2D eigenvalue weighted by atomic mass is 9.95. The molecule has 2 N–H and O–H groups in total. The highest BCUT2D eigenvalue weighted by Gasteiger charge is 2.27. The molecule has 0 aliphatic carbocycles. The Kier molecular flexibility index (Phi) is 7.03. The summed E-state index contributed by atoms with van der Waals surface area (Å²) in [6, 6.07) is 21.3. The second-order valence-corrected chi connectivity index (χ2v) is 8.40. The maximum Gasteiger partial charge on any atom is 0.258 e. The Balaban J connectivity index is 1.34. The van der Waals surface area contributed by atoms with Crippen LogP contribution in [0.15, 0.2) is 72.8 Å². The molecule has 1 heterocycles. The Morgan fingerprint density at radius 3 is 2.61 bits per heavy atom. The molecule has 2 amide bonds. The van der Waals surface area contributed by atoms with Gasteiger partial charge >= 0.3 is 0 Å². The average molecular weight is 447 g/mol. The molecule has 3 aromatic carbocycles. The van der Waals surface area contributed by atoms with Gasteiger partial charge in [0.2, 0.25) is 5.91 Å². The molecule has 0 aromatic heterocycles. The second kappa shape index (κ2) is 10.3. The van der Waals surface area contributed by atoms with E-state index in [0.717, 1.165) is 18.4 Å². The highest BCUT2D eigenvalue weighted by Crippen LogP contribution is 2.30. The van der Waals surface area contributed by atoms with Crippen LogP contribution in [-0.2, 0) is 17.6 Å². The Morgan fingerprint density at radius 1 is 1.06 bits per heavy atom. The van der Waals surface area contributed by atoms with Crippen LogP contribution in [0.2, 0.25) is 0 Å². The first-order chi connectivity index (χ1) is 16.0. The number of ether oxygens (including phenoxy) is 1. The predicted octanol–water partition coefficient (Wildman–Crippen LogP) is 4.77. The number of halogens is 1. The van der Waals surface area contributed by atoms with Crippen LogP contribution >= 0.6 is 0 Å². The SMILES string of the molecule is C[C@H](CCc1ccccc1)NC(=O)[C@H]1COc2ccc(NC(=O)c3ccccc3F)cc2C1. The highest BCUT2D eigenvalue weighted by atomic mass is 19.1. The first-order valence-electron chi connectivity index (χ1n) is 11.2. The van der Waals surface area contributed by atoms with Gasteiger partial charge in [0.1, 0.15) is 18.2 Å². The van der Waals surface area contributed by atoms with Crippen LogP contribution in [0.3, 0.4) is 0 Å². The molecule has 2 atom stereocenters. The van der Waals surface area contributed by atoms with E-state index in [9.17, 15) is 14.0 Å². The van der Waals surface area contributed by atoms with E-state index in [-0.39, 0.29) is 23.4 Å². The molecule has 0 saturated heterocycles. The van der Waals surface area contributed by atoms with Crippen molar-refractivity contribution < 1.29 is 18.7 Å². The number of carbonyl (C=O) groups excluding carboxylic acids is 2. The lowest BCUT2D eigenvalue weighted by Crippen LogP contribution is -2.41. The smallest absolute Gasteiger partial charge is 0.258 e. The molecule has 0 spiro atoms. The van der Waals surface area contributed by atoms with Crippen molar-refractivity contribution in [1.29, 1.82) is 0 Å². The fraction of sp³-hybridized carbons (Fsp3) is 0.259. The summed E-state index contributed by atoms with van der Waals surface area (Å²) < 4.78 is 19.7. The summed E-state index contributed by atoms with van der Waals surface area (Å²) in [5.74, 6) is -0.753. The maximum atomic E-state index is 13.9. The first-order valence-corrected chi connectivity index (χ1v) is 11.2. The van der Waals surface area contributed by atoms with Crippen molar-refractivity contribution in [2.45, 2.75) is 32.2 Å². The number of carbonyl (C=O) groups is 2. The van der Waals surface area contributed by atoms with Crippen LogP contribution in [0.1, 0.15) is 34.8 Å². The summed E-state index contributed by atoms with van der Waals surface area (Å²) in [5, 5.41) is 5.82. The Labute approximate surface area is 193 Å². The molecule has 0 fully saturated rings. The summed E-state index contributed by atoms with van der Waals surface area (Å²) in [6.07, 6.45) is 2.26. The minimum Gasteiger partial charge on any atom is -0.492 e. The van der Waals surface area contributed by atoms with Crippen LogP contribution in [-0.4, -0.2) is 24.5 Å². The zero-order valence-corrected chi connectivity index (χ0v) is 18.5. The number of rotatable bonds is 7. The standard InChI is InChI=1S/C27H27FN2O3/c1-18(11-12-19-7-3-2-4-8-19)29-26(31)21-15-20-16-22(13-14-25(20)33-17-21)30-27(32)23-9-5-6-10-24(23)28/h2-10,13-14,16,18,21H,11-12,15,17H2,1H3,(H,29,31)(H,30,32)/t18-,21-/m1/s1. The van der Waals surface area contributed by atoms with Crippen molar-refractivity contribution in [3.05, 3.63) is 95.3 Å². The largest absolute Gasteiger partial charge is 0.492 e. The molecule has 1 aliphatic heterocycles. The van der Waals surface area contributed by atoms with Gasteiger partial charge in [-0.15, -0.1) is 0 Å². The van der Waals surface area contributed by atoms with Crippen molar-refractivity contribution in [2.75, 3.05) is 11.9 Å². The van der Waals surface area contributed by atoms with Gasteiger partial charge in [0.05, 0.1) is 11.5 Å². The van der Waals surface area contributed by atoms with Crippen LogP contribution in [0, 0.1) is 11.7 Å². The zero-order valence-electron chi connectivity index (χ0n) is 18.5. The molecule has 170 valence electrons. The molecule has 3 aromatic rings. The van der Waals surface area contributed by atoms with Gasteiger partial charge in [-0.05, 0) is 67.6 Å². The topological polar surface area (TPSA) is 67.4 Å². The van der Waals surface area contributed by atoms with E-state index >= 15 is 0 Å². The highest BCUT2D eigenvalue weighted by molar-refractivity contribution is 6.04. The van der Waals surface area contributed by atoms with E-state index in [2.05, 4.69) is 22.8 Å². The number of fused-ring (bicyclic) bond motifs is 1. The van der Waals surface area contributed by atoms with E-state index < -0.39 is 11.7 Å². The van der Waals surface area contributed by atoms with Crippen LogP contribution in [0.4, 0.5) is 10.1 Å². The Hall–Kier alpha value is -3.67. The fourth-order valence-corrected chi connectivity index (χ4v) is 3.95. The van der Waals surface area contributed by atoms with Crippen LogP contribution < -0.4 is 15.4 Å². The normalized spacial score (nSPS) is 15.6. The molecule has 4 rings (SSSR count). The minimum atomic E-state index is -0.575. The van der Waals surface area contributed by atoms with Gasteiger partial charge < -0.3 is 15.4 Å². The van der Waals surface area contributed by atoms with Gasteiger partial charge in [0.25, 0.3) is 5.91 Å². The number of nitrogens with one attached hydrogen (secondary N) is 2. The number of anilines is 1. The summed E-state index contributed by atoms with van der Waals surface area (Å²) >= 11 is 0. The Bertz CT molecular complexity index is 1130. The monoisotopic (exact) mass is 446 g/mol. The third kappa shape index (κ3) is 5.77. The average Bonchev–Trinajstić information content (AvgIpc) is 2.83. The maximum absolute atomic E-state index is 13.9. The molecule has 0 bridgehead atoms. The lowest BCUT2D eigenvalue weighted by Gasteiger charge is -2.26. The summed E-state index contributed by atoms with van der Waals surface area (Å²) in [7, 11) is 0. The lowest BCUT2D eigenvalue weighted by molar-refractivity contribution is -0.126. The van der Waals surface area contributed by atoms with E-state index in [1.807, 2.05) is 25.1 Å². The van der Waals surface area contributed by atoms with E-state index in [1.54, 1.807) is 24.3 Å². The van der Waals surface area contributed by atoms with Crippen molar-refractivity contribution in [1.82, 2.24) is 5.32 Å². The van der Waals surface area contributed by atoms with Gasteiger partial charge in [-0.2, -0.15) is 0 Å². The molecule has 6 heteroatoms. The first kappa shape index (κ1) is 22.5. The third-order valence-corrected chi connectivity index (χ3v) is 5.81. The van der Waals surface area contributed by atoms with Gasteiger partial charge in [0, 0.05) is 11.7 Å². The molecule has 33 heavy (non-hydrogen) atoms. The van der Waals surface area contributed by atoms with E-state index in [4.69, 9.17) is 4.74 Å². The molecule has 0 unspecified atom stereocenters. The molecule has 1 aliphatic rings. The van der Waals surface area contributed by atoms with E-state index in [0.29, 0.717) is 24.5 Å². The molecular formula is C27H27FN2O3. The van der Waals surface area contributed by atoms with Gasteiger partial charge in [-0.25, -0.2) is 4.39 Å². The number of hydrogen-bond acceptors (Lipinski definition) is 3. The zero-order chi connectivity index (χ0) is 23.2. The van der Waals surface area contributed by atoms with Gasteiger partial charge in [-0.3, -0.25) is 9.59 Å². The number of benzene rings is 3. The predicted molar refractivity (Wildman–Crippen MR) is 126 cm³/mol. The van der Waals surface area contributed by atoms with Crippen molar-refractivity contribution in [2.24, 2.45) is 5.92 Å². The quantitative estimate of drug-likeness (QED) is 0.550. The number of hydrogen-bond donors (Lipinski definition) is 2. The van der Waals surface area contributed by atoms with Crippen molar-refractivity contribution in [3.8, 4) is 5.75 Å². The van der Waals surface area contributed by atoms with Crippen LogP contribution in [0.25, 0.3) is 0 Å². The third-order valence-electron chi connectivity index (χ3n) is 5.81. The minimum absolute atomic E-state index is 0.0202. The summed E-state index contributed by atoms with van der Waals surface area (Å²) in [5.41, 5.74) is 2.60. The fourth-order valence-electron chi connectivity index (χ4n) is 3.95.